The molecule has 14 heavy (non-hydrogen) atoms. The van der Waals surface area contributed by atoms with Crippen molar-refractivity contribution in [1.82, 2.24) is 19.9 Å². The minimum atomic E-state index is 0.448. The quantitative estimate of drug-likeness (QED) is 0.679. The predicted octanol–water partition coefficient (Wildman–Crippen LogP) is 0.137. The Morgan fingerprint density at radius 3 is 2.86 bits per heavy atom. The van der Waals surface area contributed by atoms with E-state index < -0.39 is 0 Å². The van der Waals surface area contributed by atoms with E-state index in [4.69, 9.17) is 5.73 Å². The number of hydrogen-bond donors (Lipinski definition) is 1. The number of aromatic nitrogens is 4. The zero-order valence-electron chi connectivity index (χ0n) is 7.28. The van der Waals surface area contributed by atoms with Crippen LogP contribution in [0.25, 0.3) is 0 Å². The summed E-state index contributed by atoms with van der Waals surface area (Å²) in [4.78, 5) is 3.93. The molecule has 0 aliphatic heterocycles. The lowest BCUT2D eigenvalue weighted by molar-refractivity contribution is 0.878. The van der Waals surface area contributed by atoms with Crippen molar-refractivity contribution in [2.45, 2.75) is 0 Å². The molecule has 0 atom stereocenters. The van der Waals surface area contributed by atoms with Crippen molar-refractivity contribution in [3.8, 4) is 0 Å². The minimum Gasteiger partial charge on any atom is -0.383 e. The number of nitrogens with two attached hydrogens (primary N) is 1. The third-order valence-corrected chi connectivity index (χ3v) is 1.61. The van der Waals surface area contributed by atoms with Crippen molar-refractivity contribution in [3.63, 3.8) is 0 Å². The molecule has 0 saturated carbocycles. The van der Waals surface area contributed by atoms with E-state index in [1.807, 2.05) is 6.07 Å². The van der Waals surface area contributed by atoms with Crippen LogP contribution < -0.4 is 5.73 Å². The van der Waals surface area contributed by atoms with Crippen LogP contribution in [-0.4, -0.2) is 26.1 Å². The lowest BCUT2D eigenvalue weighted by atomic mass is 10.3. The minimum absolute atomic E-state index is 0.448. The van der Waals surface area contributed by atoms with E-state index in [-0.39, 0.29) is 0 Å². The zero-order valence-corrected chi connectivity index (χ0v) is 7.28. The highest BCUT2D eigenvalue weighted by Crippen LogP contribution is 2.02. The second kappa shape index (κ2) is 3.65. The Kier molecular flexibility index (Phi) is 2.18. The highest BCUT2D eigenvalue weighted by Gasteiger charge is 1.93. The van der Waals surface area contributed by atoms with Gasteiger partial charge in [-0.3, -0.25) is 0 Å². The third-order valence-electron chi connectivity index (χ3n) is 1.61. The van der Waals surface area contributed by atoms with Crippen LogP contribution in [0, 0.1) is 0 Å². The van der Waals surface area contributed by atoms with Gasteiger partial charge >= 0.3 is 0 Å². The van der Waals surface area contributed by atoms with Crippen LogP contribution in [0.5, 0.6) is 0 Å². The molecule has 0 unspecified atom stereocenters. The van der Waals surface area contributed by atoms with Gasteiger partial charge < -0.3 is 5.73 Å². The van der Waals surface area contributed by atoms with Crippen LogP contribution >= 0.6 is 0 Å². The average molecular weight is 188 g/mol. The normalized spacial score (nSPS) is 10.9. The Balaban J connectivity index is 2.23. The molecular weight excluding hydrogens is 180 g/mol. The topological polar surface area (TPSA) is 82.0 Å². The molecule has 0 aromatic carbocycles. The van der Waals surface area contributed by atoms with E-state index in [0.717, 1.165) is 5.56 Å². The largest absolute Gasteiger partial charge is 0.383 e. The van der Waals surface area contributed by atoms with Crippen LogP contribution in [0.2, 0.25) is 0 Å². The van der Waals surface area contributed by atoms with Crippen molar-refractivity contribution < 1.29 is 0 Å². The second-order valence-corrected chi connectivity index (χ2v) is 2.56. The maximum atomic E-state index is 5.62. The number of anilines is 1. The predicted molar refractivity (Wildman–Crippen MR) is 51.7 cm³/mol. The summed E-state index contributed by atoms with van der Waals surface area (Å²) in [5.41, 5.74) is 6.38. The molecule has 0 aliphatic rings. The number of nitrogens with zero attached hydrogens (tertiary/aromatic N) is 5. The Morgan fingerprint density at radius 1 is 1.36 bits per heavy atom. The molecule has 0 radical (unpaired) electrons. The first-order valence-electron chi connectivity index (χ1n) is 3.96. The maximum Gasteiger partial charge on any atom is 0.141 e. The number of hydrogen-bond acceptors (Lipinski definition) is 5. The van der Waals surface area contributed by atoms with Gasteiger partial charge in [-0.1, -0.05) is 0 Å². The lowest BCUT2D eigenvalue weighted by Gasteiger charge is -1.96. The Bertz CT molecular complexity index is 433. The molecule has 0 bridgehead atoms. The lowest BCUT2D eigenvalue weighted by Crippen LogP contribution is -1.96. The fourth-order valence-corrected chi connectivity index (χ4v) is 0.923. The molecule has 0 saturated heterocycles. The molecule has 0 aliphatic carbocycles. The van der Waals surface area contributed by atoms with Crippen molar-refractivity contribution >= 4 is 12.0 Å². The molecule has 2 aromatic rings. The van der Waals surface area contributed by atoms with Crippen molar-refractivity contribution in [2.75, 3.05) is 5.73 Å². The number of pyridine rings is 1. The molecular formula is C8H8N6. The van der Waals surface area contributed by atoms with E-state index in [0.29, 0.717) is 5.82 Å². The smallest absolute Gasteiger partial charge is 0.141 e. The SMILES string of the molecule is Nc1ncccc1/C=N/n1cnnc1. The van der Waals surface area contributed by atoms with Crippen LogP contribution in [-0.2, 0) is 0 Å². The van der Waals surface area contributed by atoms with Gasteiger partial charge in [0.15, 0.2) is 0 Å². The monoisotopic (exact) mass is 188 g/mol. The standard InChI is InChI=1S/C8H8N6/c9-8-7(2-1-3-10-8)4-13-14-5-11-12-6-14/h1-6H,(H2,9,10)/b13-4+. The van der Waals surface area contributed by atoms with Gasteiger partial charge in [-0.25, -0.2) is 9.66 Å². The summed E-state index contributed by atoms with van der Waals surface area (Å²) in [7, 11) is 0. The fraction of sp³-hybridized carbons (Fsp3) is 0. The summed E-state index contributed by atoms with van der Waals surface area (Å²) in [6.45, 7) is 0. The molecule has 2 heterocycles. The third kappa shape index (κ3) is 1.74. The van der Waals surface area contributed by atoms with Gasteiger partial charge in [0, 0.05) is 11.8 Å². The summed E-state index contributed by atoms with van der Waals surface area (Å²) in [5, 5.41) is 11.3. The summed E-state index contributed by atoms with van der Waals surface area (Å²) in [6.07, 6.45) is 6.21. The average Bonchev–Trinajstić information content (AvgIpc) is 2.69. The van der Waals surface area contributed by atoms with Crippen molar-refractivity contribution in [1.29, 1.82) is 0 Å². The van der Waals surface area contributed by atoms with Gasteiger partial charge in [-0.15, -0.1) is 10.2 Å². The van der Waals surface area contributed by atoms with Crippen molar-refractivity contribution in [3.05, 3.63) is 36.5 Å². The Hall–Kier alpha value is -2.24. The van der Waals surface area contributed by atoms with Crippen LogP contribution in [0.3, 0.4) is 0 Å². The van der Waals surface area contributed by atoms with E-state index in [9.17, 15) is 0 Å². The van der Waals surface area contributed by atoms with Gasteiger partial charge in [0.25, 0.3) is 0 Å². The molecule has 6 nitrogen and oxygen atoms in total. The molecule has 0 spiro atoms. The summed E-state index contributed by atoms with van der Waals surface area (Å²) in [5.74, 6) is 0.448. The Labute approximate surface area is 80.1 Å². The first-order valence-corrected chi connectivity index (χ1v) is 3.96. The van der Waals surface area contributed by atoms with Gasteiger partial charge in [-0.2, -0.15) is 5.10 Å². The van der Waals surface area contributed by atoms with Crippen LogP contribution in [0.4, 0.5) is 5.82 Å². The van der Waals surface area contributed by atoms with E-state index in [1.165, 1.54) is 17.3 Å². The van der Waals surface area contributed by atoms with Gasteiger partial charge in [-0.05, 0) is 12.1 Å². The van der Waals surface area contributed by atoms with Gasteiger partial charge in [0.2, 0.25) is 0 Å². The summed E-state index contributed by atoms with van der Waals surface area (Å²) >= 11 is 0. The molecule has 0 amide bonds. The molecule has 2 rings (SSSR count). The molecule has 2 aromatic heterocycles. The van der Waals surface area contributed by atoms with E-state index in [2.05, 4.69) is 20.3 Å². The Morgan fingerprint density at radius 2 is 2.14 bits per heavy atom. The number of rotatable bonds is 2. The molecule has 2 N–H and O–H groups in total. The molecule has 70 valence electrons. The first kappa shape index (κ1) is 8.36. The summed E-state index contributed by atoms with van der Waals surface area (Å²) < 4.78 is 1.48. The molecule has 6 heteroatoms. The van der Waals surface area contributed by atoms with E-state index in [1.54, 1.807) is 18.5 Å². The van der Waals surface area contributed by atoms with Crippen LogP contribution in [0.1, 0.15) is 5.56 Å². The van der Waals surface area contributed by atoms with Crippen molar-refractivity contribution in [2.24, 2.45) is 5.10 Å². The van der Waals surface area contributed by atoms with Crippen LogP contribution in [0.15, 0.2) is 36.1 Å². The summed E-state index contributed by atoms with van der Waals surface area (Å²) in [6, 6.07) is 3.63. The number of nitrogen functional groups attached to an aromatic ring is 1. The highest BCUT2D eigenvalue weighted by atomic mass is 15.4. The zero-order chi connectivity index (χ0) is 9.80. The fourth-order valence-electron chi connectivity index (χ4n) is 0.923. The first-order chi connectivity index (χ1) is 6.86. The van der Waals surface area contributed by atoms with Gasteiger partial charge in [0.1, 0.15) is 18.5 Å². The van der Waals surface area contributed by atoms with Gasteiger partial charge in [0.05, 0.1) is 6.21 Å². The highest BCUT2D eigenvalue weighted by molar-refractivity contribution is 5.85. The second-order valence-electron chi connectivity index (χ2n) is 2.56. The van der Waals surface area contributed by atoms with E-state index >= 15 is 0 Å². The molecule has 0 fully saturated rings. The maximum absolute atomic E-state index is 5.62.